The molecule has 0 saturated heterocycles. The number of rotatable bonds is 4. The lowest BCUT2D eigenvalue weighted by Crippen LogP contribution is -2.19. The van der Waals surface area contributed by atoms with Crippen molar-refractivity contribution in [2.45, 2.75) is 38.6 Å². The van der Waals surface area contributed by atoms with Gasteiger partial charge in [-0.2, -0.15) is 5.10 Å². The van der Waals surface area contributed by atoms with Gasteiger partial charge in [0.2, 0.25) is 0 Å². The average Bonchev–Trinajstić information content (AvgIpc) is 2.81. The fraction of sp³-hybridized carbons (Fsp3) is 0.471. The van der Waals surface area contributed by atoms with Gasteiger partial charge in [-0.05, 0) is 29.7 Å². The Morgan fingerprint density at radius 3 is 2.25 bits per heavy atom. The second-order valence-corrected chi connectivity index (χ2v) is 6.40. The van der Waals surface area contributed by atoms with Gasteiger partial charge in [0, 0.05) is 25.7 Å². The van der Waals surface area contributed by atoms with Crippen LogP contribution in [-0.4, -0.2) is 16.8 Å². The molecule has 0 spiro atoms. The smallest absolute Gasteiger partial charge is 0.0643 e. The third-order valence-electron chi connectivity index (χ3n) is 3.71. The molecule has 0 fully saturated rings. The first-order chi connectivity index (χ1) is 9.40. The second-order valence-electron chi connectivity index (χ2n) is 6.40. The molecule has 108 valence electrons. The van der Waals surface area contributed by atoms with Gasteiger partial charge in [-0.3, -0.25) is 4.68 Å². The highest BCUT2D eigenvalue weighted by Gasteiger charge is 2.15. The molecule has 0 aliphatic carbocycles. The van der Waals surface area contributed by atoms with Crippen LogP contribution in [0, 0.1) is 0 Å². The number of nitrogens with zero attached hydrogens (tertiary/aromatic N) is 2. The van der Waals surface area contributed by atoms with Gasteiger partial charge in [-0.25, -0.2) is 0 Å². The monoisotopic (exact) mass is 271 g/mol. The molecule has 0 aliphatic heterocycles. The quantitative estimate of drug-likeness (QED) is 0.925. The zero-order valence-electron chi connectivity index (χ0n) is 13.1. The fourth-order valence-electron chi connectivity index (χ4n) is 2.38. The lowest BCUT2D eigenvalue weighted by molar-refractivity contribution is 0.571. The summed E-state index contributed by atoms with van der Waals surface area (Å²) in [5.41, 5.74) is 4.00. The molecule has 20 heavy (non-hydrogen) atoms. The maximum absolute atomic E-state index is 4.46. The Labute approximate surface area is 122 Å². The van der Waals surface area contributed by atoms with Crippen LogP contribution in [0.25, 0.3) is 0 Å². The second kappa shape index (κ2) is 5.80. The van der Waals surface area contributed by atoms with E-state index in [9.17, 15) is 0 Å². The van der Waals surface area contributed by atoms with E-state index < -0.39 is 0 Å². The van der Waals surface area contributed by atoms with Gasteiger partial charge in [0.1, 0.15) is 0 Å². The van der Waals surface area contributed by atoms with Gasteiger partial charge in [0.05, 0.1) is 5.69 Å². The molecule has 0 amide bonds. The van der Waals surface area contributed by atoms with E-state index >= 15 is 0 Å². The van der Waals surface area contributed by atoms with Gasteiger partial charge < -0.3 is 5.32 Å². The van der Waals surface area contributed by atoms with Crippen molar-refractivity contribution in [2.75, 3.05) is 7.05 Å². The zero-order valence-corrected chi connectivity index (χ0v) is 13.1. The molecule has 1 aromatic heterocycles. The van der Waals surface area contributed by atoms with E-state index in [0.29, 0.717) is 6.04 Å². The van der Waals surface area contributed by atoms with Crippen LogP contribution in [0.15, 0.2) is 36.5 Å². The lowest BCUT2D eigenvalue weighted by atomic mass is 9.86. The third kappa shape index (κ3) is 3.48. The van der Waals surface area contributed by atoms with Crippen LogP contribution < -0.4 is 5.32 Å². The van der Waals surface area contributed by atoms with Gasteiger partial charge >= 0.3 is 0 Å². The Kier molecular flexibility index (Phi) is 4.29. The molecule has 1 heterocycles. The summed E-state index contributed by atoms with van der Waals surface area (Å²) >= 11 is 0. The molecule has 2 aromatic rings. The first-order valence-corrected chi connectivity index (χ1v) is 7.16. The van der Waals surface area contributed by atoms with Crippen LogP contribution in [0.4, 0.5) is 0 Å². The topological polar surface area (TPSA) is 29.9 Å². The van der Waals surface area contributed by atoms with Crippen LogP contribution in [0.5, 0.6) is 0 Å². The Hall–Kier alpha value is -1.61. The van der Waals surface area contributed by atoms with E-state index in [1.54, 1.807) is 0 Å². The van der Waals surface area contributed by atoms with E-state index in [-0.39, 0.29) is 5.41 Å². The van der Waals surface area contributed by atoms with E-state index in [1.165, 1.54) is 11.1 Å². The molecule has 0 radical (unpaired) electrons. The number of aromatic nitrogens is 2. The van der Waals surface area contributed by atoms with Gasteiger partial charge in [0.15, 0.2) is 0 Å². The molecule has 3 heteroatoms. The summed E-state index contributed by atoms with van der Waals surface area (Å²) in [5, 5.41) is 7.84. The minimum Gasteiger partial charge on any atom is -0.313 e. The minimum absolute atomic E-state index is 0.203. The van der Waals surface area contributed by atoms with Crippen molar-refractivity contribution in [1.29, 1.82) is 0 Å². The molecule has 1 atom stereocenters. The predicted molar refractivity (Wildman–Crippen MR) is 83.9 cm³/mol. The molecular formula is C17H25N3. The number of benzene rings is 1. The van der Waals surface area contributed by atoms with Crippen molar-refractivity contribution in [2.24, 2.45) is 7.05 Å². The molecule has 3 nitrogen and oxygen atoms in total. The largest absolute Gasteiger partial charge is 0.313 e. The fourth-order valence-corrected chi connectivity index (χ4v) is 2.38. The Morgan fingerprint density at radius 2 is 1.80 bits per heavy atom. The maximum atomic E-state index is 4.46. The summed E-state index contributed by atoms with van der Waals surface area (Å²) in [6.45, 7) is 6.72. The van der Waals surface area contributed by atoms with Crippen LogP contribution in [0.1, 0.15) is 43.6 Å². The Morgan fingerprint density at radius 1 is 1.15 bits per heavy atom. The molecule has 2 rings (SSSR count). The number of hydrogen-bond acceptors (Lipinski definition) is 2. The van der Waals surface area contributed by atoms with Gasteiger partial charge in [-0.15, -0.1) is 0 Å². The normalized spacial score (nSPS) is 13.4. The SMILES string of the molecule is CNC(Cc1ccn(C)n1)c1ccc(C(C)(C)C)cc1. The lowest BCUT2D eigenvalue weighted by Gasteiger charge is -2.21. The van der Waals surface area contributed by atoms with Crippen molar-refractivity contribution in [3.63, 3.8) is 0 Å². The number of aryl methyl sites for hydroxylation is 1. The van der Waals surface area contributed by atoms with Gasteiger partial charge in [-0.1, -0.05) is 45.0 Å². The maximum Gasteiger partial charge on any atom is 0.0643 e. The molecule has 0 aliphatic rings. The predicted octanol–water partition coefficient (Wildman–Crippen LogP) is 3.22. The van der Waals surface area contributed by atoms with Crippen molar-refractivity contribution in [3.05, 3.63) is 53.3 Å². The van der Waals surface area contributed by atoms with Gasteiger partial charge in [0.25, 0.3) is 0 Å². The molecule has 1 N–H and O–H groups in total. The van der Waals surface area contributed by atoms with Crippen LogP contribution in [-0.2, 0) is 18.9 Å². The van der Waals surface area contributed by atoms with E-state index in [2.05, 4.69) is 61.5 Å². The zero-order chi connectivity index (χ0) is 14.8. The third-order valence-corrected chi connectivity index (χ3v) is 3.71. The van der Waals surface area contributed by atoms with Crippen molar-refractivity contribution in [1.82, 2.24) is 15.1 Å². The summed E-state index contributed by atoms with van der Waals surface area (Å²) in [7, 11) is 3.96. The average molecular weight is 271 g/mol. The number of hydrogen-bond donors (Lipinski definition) is 1. The first-order valence-electron chi connectivity index (χ1n) is 7.16. The van der Waals surface area contributed by atoms with Crippen molar-refractivity contribution < 1.29 is 0 Å². The van der Waals surface area contributed by atoms with E-state index in [4.69, 9.17) is 0 Å². The molecule has 1 aromatic carbocycles. The summed E-state index contributed by atoms with van der Waals surface area (Å²) in [4.78, 5) is 0. The molecular weight excluding hydrogens is 246 g/mol. The molecule has 0 bridgehead atoms. The highest BCUT2D eigenvalue weighted by atomic mass is 15.2. The molecule has 1 unspecified atom stereocenters. The standard InChI is InChI=1S/C17H25N3/c1-17(2,3)14-8-6-13(7-9-14)16(18-4)12-15-10-11-20(5)19-15/h6-11,16,18H,12H2,1-5H3. The summed E-state index contributed by atoms with van der Waals surface area (Å²) < 4.78 is 1.85. The Bertz CT molecular complexity index is 546. The molecule has 0 saturated carbocycles. The van der Waals surface area contributed by atoms with E-state index in [0.717, 1.165) is 12.1 Å². The van der Waals surface area contributed by atoms with Crippen LogP contribution in [0.3, 0.4) is 0 Å². The van der Waals surface area contributed by atoms with Crippen molar-refractivity contribution >= 4 is 0 Å². The summed E-state index contributed by atoms with van der Waals surface area (Å²) in [5.74, 6) is 0. The highest BCUT2D eigenvalue weighted by Crippen LogP contribution is 2.24. The van der Waals surface area contributed by atoms with Crippen LogP contribution >= 0.6 is 0 Å². The minimum atomic E-state index is 0.203. The number of nitrogens with one attached hydrogen (secondary N) is 1. The summed E-state index contributed by atoms with van der Waals surface area (Å²) in [6.07, 6.45) is 2.90. The Balaban J connectivity index is 2.15. The summed E-state index contributed by atoms with van der Waals surface area (Å²) in [6, 6.07) is 11.3. The first kappa shape index (κ1) is 14.8. The van der Waals surface area contributed by atoms with Crippen molar-refractivity contribution in [3.8, 4) is 0 Å². The van der Waals surface area contributed by atoms with Crippen LogP contribution in [0.2, 0.25) is 0 Å². The highest BCUT2D eigenvalue weighted by molar-refractivity contribution is 5.29. The van der Waals surface area contributed by atoms with E-state index in [1.807, 2.05) is 25.0 Å². The number of likely N-dealkylation sites (N-methyl/N-ethyl adjacent to an activating group) is 1.